The summed E-state index contributed by atoms with van der Waals surface area (Å²) in [7, 11) is 0. The molecule has 2 nitrogen and oxygen atoms in total. The van der Waals surface area contributed by atoms with Crippen LogP contribution in [0.3, 0.4) is 0 Å². The maximum Gasteiger partial charge on any atom is 0.255 e. The molecule has 0 atom stereocenters. The van der Waals surface area contributed by atoms with Crippen molar-refractivity contribution in [3.8, 4) is 0 Å². The fraction of sp³-hybridized carbons (Fsp3) is 0.333. The molecular formula is C6H7F2NO. The van der Waals surface area contributed by atoms with Gasteiger partial charge in [-0.1, -0.05) is 0 Å². The zero-order chi connectivity index (χ0) is 7.40. The first kappa shape index (κ1) is 7.05. The number of anilines is 1. The van der Waals surface area contributed by atoms with Crippen LogP contribution in [0.25, 0.3) is 0 Å². The number of nitrogens with one attached hydrogen (secondary N) is 1. The summed E-state index contributed by atoms with van der Waals surface area (Å²) in [5, 5.41) is 2.48. The van der Waals surface area contributed by atoms with Gasteiger partial charge in [0.1, 0.15) is 6.26 Å². The van der Waals surface area contributed by atoms with Crippen LogP contribution < -0.4 is 5.32 Å². The molecule has 1 rings (SSSR count). The Hall–Kier alpha value is -1.06. The molecule has 1 heterocycles. The molecule has 0 aromatic carbocycles. The van der Waals surface area contributed by atoms with Crippen molar-refractivity contribution < 1.29 is 13.2 Å². The lowest BCUT2D eigenvalue weighted by Gasteiger charge is -1.99. The molecule has 0 unspecified atom stereocenters. The molecule has 0 aliphatic rings. The van der Waals surface area contributed by atoms with E-state index < -0.39 is 6.43 Å². The quantitative estimate of drug-likeness (QED) is 0.706. The van der Waals surface area contributed by atoms with E-state index in [0.29, 0.717) is 5.69 Å². The Morgan fingerprint density at radius 2 is 2.40 bits per heavy atom. The number of furan rings is 1. The van der Waals surface area contributed by atoms with Crippen LogP contribution in [0.15, 0.2) is 23.0 Å². The lowest BCUT2D eigenvalue weighted by molar-refractivity contribution is 0.163. The minimum Gasteiger partial charge on any atom is -0.470 e. The normalized spacial score (nSPS) is 10.3. The smallest absolute Gasteiger partial charge is 0.255 e. The van der Waals surface area contributed by atoms with Gasteiger partial charge in [-0.15, -0.1) is 0 Å². The molecule has 10 heavy (non-hydrogen) atoms. The molecule has 0 aliphatic heterocycles. The summed E-state index contributed by atoms with van der Waals surface area (Å²) >= 11 is 0. The van der Waals surface area contributed by atoms with E-state index in [9.17, 15) is 8.78 Å². The minimum atomic E-state index is -2.32. The summed E-state index contributed by atoms with van der Waals surface area (Å²) in [4.78, 5) is 0. The maximum atomic E-state index is 11.5. The molecule has 0 aliphatic carbocycles. The third-order valence-electron chi connectivity index (χ3n) is 0.982. The van der Waals surface area contributed by atoms with Crippen molar-refractivity contribution in [2.45, 2.75) is 6.43 Å². The zero-order valence-corrected chi connectivity index (χ0v) is 5.18. The Labute approximate surface area is 56.8 Å². The minimum absolute atomic E-state index is 0.334. The van der Waals surface area contributed by atoms with Gasteiger partial charge in [-0.2, -0.15) is 0 Å². The molecule has 56 valence electrons. The van der Waals surface area contributed by atoms with Crippen molar-refractivity contribution >= 4 is 5.69 Å². The molecule has 0 amide bonds. The summed E-state index contributed by atoms with van der Waals surface area (Å²) in [5.41, 5.74) is 0.584. The molecule has 0 radical (unpaired) electrons. The molecule has 0 fully saturated rings. The van der Waals surface area contributed by atoms with E-state index in [-0.39, 0.29) is 6.54 Å². The van der Waals surface area contributed by atoms with Gasteiger partial charge in [0.2, 0.25) is 0 Å². The van der Waals surface area contributed by atoms with Gasteiger partial charge in [0, 0.05) is 0 Å². The molecule has 0 bridgehead atoms. The third-order valence-corrected chi connectivity index (χ3v) is 0.982. The van der Waals surface area contributed by atoms with Crippen molar-refractivity contribution in [1.82, 2.24) is 0 Å². The molecule has 1 N–H and O–H groups in total. The van der Waals surface area contributed by atoms with Gasteiger partial charge in [0.15, 0.2) is 0 Å². The summed E-state index contributed by atoms with van der Waals surface area (Å²) in [6.07, 6.45) is 0.478. The van der Waals surface area contributed by atoms with E-state index in [0.717, 1.165) is 0 Å². The Kier molecular flexibility index (Phi) is 2.25. The lowest BCUT2D eigenvalue weighted by Crippen LogP contribution is -2.09. The Morgan fingerprint density at radius 1 is 1.60 bits per heavy atom. The number of hydrogen-bond acceptors (Lipinski definition) is 2. The number of alkyl halides is 2. The number of halogens is 2. The molecule has 0 spiro atoms. The van der Waals surface area contributed by atoms with Gasteiger partial charge in [-0.05, 0) is 6.07 Å². The van der Waals surface area contributed by atoms with Gasteiger partial charge in [-0.25, -0.2) is 8.78 Å². The molecule has 0 saturated heterocycles. The van der Waals surface area contributed by atoms with Crippen LogP contribution >= 0.6 is 0 Å². The fourth-order valence-corrected chi connectivity index (χ4v) is 0.560. The summed E-state index contributed by atoms with van der Waals surface area (Å²) in [6, 6.07) is 1.59. The molecule has 1 aromatic heterocycles. The predicted molar refractivity (Wildman–Crippen MR) is 33.2 cm³/mol. The Morgan fingerprint density at radius 3 is 2.90 bits per heavy atom. The first-order chi connectivity index (χ1) is 4.79. The second-order valence-corrected chi connectivity index (χ2v) is 1.78. The molecule has 1 aromatic rings. The van der Waals surface area contributed by atoms with Crippen LogP contribution in [-0.4, -0.2) is 13.0 Å². The van der Waals surface area contributed by atoms with Crippen molar-refractivity contribution in [3.05, 3.63) is 18.6 Å². The molecule has 0 saturated carbocycles. The van der Waals surface area contributed by atoms with Crippen LogP contribution in [-0.2, 0) is 0 Å². The van der Waals surface area contributed by atoms with Crippen molar-refractivity contribution in [2.24, 2.45) is 0 Å². The second-order valence-electron chi connectivity index (χ2n) is 1.78. The van der Waals surface area contributed by atoms with Crippen LogP contribution in [0.1, 0.15) is 0 Å². The Balaban J connectivity index is 2.28. The van der Waals surface area contributed by atoms with E-state index in [4.69, 9.17) is 0 Å². The molecule has 4 heteroatoms. The first-order valence-corrected chi connectivity index (χ1v) is 2.83. The van der Waals surface area contributed by atoms with Crippen LogP contribution in [0.2, 0.25) is 0 Å². The highest BCUT2D eigenvalue weighted by atomic mass is 19.3. The maximum absolute atomic E-state index is 11.5. The van der Waals surface area contributed by atoms with Gasteiger partial charge >= 0.3 is 0 Å². The van der Waals surface area contributed by atoms with Crippen LogP contribution in [0.4, 0.5) is 14.5 Å². The van der Waals surface area contributed by atoms with Gasteiger partial charge in [0.25, 0.3) is 6.43 Å². The van der Waals surface area contributed by atoms with E-state index in [2.05, 4.69) is 9.73 Å². The van der Waals surface area contributed by atoms with Crippen molar-refractivity contribution in [1.29, 1.82) is 0 Å². The standard InChI is InChI=1S/C6H7F2NO/c7-6(8)3-9-5-1-2-10-4-5/h1-2,4,6,9H,3H2. The average molecular weight is 147 g/mol. The first-order valence-electron chi connectivity index (χ1n) is 2.83. The Bertz CT molecular complexity index is 174. The zero-order valence-electron chi connectivity index (χ0n) is 5.18. The van der Waals surface area contributed by atoms with Crippen LogP contribution in [0, 0.1) is 0 Å². The predicted octanol–water partition coefficient (Wildman–Crippen LogP) is 1.96. The van der Waals surface area contributed by atoms with E-state index in [1.807, 2.05) is 0 Å². The van der Waals surface area contributed by atoms with E-state index in [1.54, 1.807) is 6.07 Å². The monoisotopic (exact) mass is 147 g/mol. The van der Waals surface area contributed by atoms with Gasteiger partial charge in [0.05, 0.1) is 18.5 Å². The summed E-state index contributed by atoms with van der Waals surface area (Å²) in [6.45, 7) is -0.334. The third kappa shape index (κ3) is 2.05. The second kappa shape index (κ2) is 3.20. The molecular weight excluding hydrogens is 140 g/mol. The van der Waals surface area contributed by atoms with Crippen LogP contribution in [0.5, 0.6) is 0 Å². The fourth-order valence-electron chi connectivity index (χ4n) is 0.560. The topological polar surface area (TPSA) is 25.2 Å². The largest absolute Gasteiger partial charge is 0.470 e. The highest BCUT2D eigenvalue weighted by molar-refractivity contribution is 5.38. The van der Waals surface area contributed by atoms with E-state index in [1.165, 1.54) is 12.5 Å². The highest BCUT2D eigenvalue weighted by Crippen LogP contribution is 2.06. The van der Waals surface area contributed by atoms with Crippen molar-refractivity contribution in [3.63, 3.8) is 0 Å². The van der Waals surface area contributed by atoms with Gasteiger partial charge < -0.3 is 9.73 Å². The summed E-state index contributed by atoms with van der Waals surface area (Å²) < 4.78 is 27.7. The highest BCUT2D eigenvalue weighted by Gasteiger charge is 2.00. The average Bonchev–Trinajstić information content (AvgIpc) is 2.34. The lowest BCUT2D eigenvalue weighted by atomic mass is 10.5. The number of rotatable bonds is 3. The van der Waals surface area contributed by atoms with Gasteiger partial charge in [-0.3, -0.25) is 0 Å². The van der Waals surface area contributed by atoms with Crippen molar-refractivity contribution in [2.75, 3.05) is 11.9 Å². The summed E-state index contributed by atoms with van der Waals surface area (Å²) in [5.74, 6) is 0. The van der Waals surface area contributed by atoms with E-state index >= 15 is 0 Å². The number of hydrogen-bond donors (Lipinski definition) is 1. The SMILES string of the molecule is FC(F)CNc1ccoc1.